The highest BCUT2D eigenvalue weighted by atomic mass is 19.4. The highest BCUT2D eigenvalue weighted by Gasteiger charge is 2.32. The highest BCUT2D eigenvalue weighted by molar-refractivity contribution is 5.36. The van der Waals surface area contributed by atoms with E-state index in [9.17, 15) is 13.2 Å². The normalized spacial score (nSPS) is 12.7. The quantitative estimate of drug-likeness (QED) is 0.810. The molecule has 0 aliphatic carbocycles. The van der Waals surface area contributed by atoms with E-state index in [1.165, 1.54) is 24.5 Å². The minimum absolute atomic E-state index is 0.165. The van der Waals surface area contributed by atoms with Crippen LogP contribution in [0.5, 0.6) is 11.8 Å². The summed E-state index contributed by atoms with van der Waals surface area (Å²) in [6.45, 7) is 2.03. The summed E-state index contributed by atoms with van der Waals surface area (Å²) >= 11 is 0. The first-order chi connectivity index (χ1) is 10.5. The first kappa shape index (κ1) is 16.1. The monoisotopic (exact) mass is 312 g/mol. The molecule has 4 nitrogen and oxygen atoms in total. The van der Waals surface area contributed by atoms with Gasteiger partial charge in [-0.2, -0.15) is 0 Å². The lowest BCUT2D eigenvalue weighted by atomic mass is 9.96. The third kappa shape index (κ3) is 4.61. The minimum atomic E-state index is -4.72. The van der Waals surface area contributed by atoms with Gasteiger partial charge in [0, 0.05) is 23.9 Å². The van der Waals surface area contributed by atoms with Crippen LogP contribution in [-0.4, -0.2) is 22.9 Å². The van der Waals surface area contributed by atoms with Crippen LogP contribution < -0.4 is 9.47 Å². The van der Waals surface area contributed by atoms with Crippen molar-refractivity contribution in [2.24, 2.45) is 0 Å². The highest BCUT2D eigenvalue weighted by Crippen LogP contribution is 2.32. The van der Waals surface area contributed by atoms with Gasteiger partial charge in [-0.1, -0.05) is 25.1 Å². The van der Waals surface area contributed by atoms with E-state index in [0.29, 0.717) is 12.0 Å². The Hall–Kier alpha value is -2.31. The molecule has 0 aliphatic heterocycles. The fourth-order valence-electron chi connectivity index (χ4n) is 2.00. The van der Waals surface area contributed by atoms with Gasteiger partial charge in [-0.05, 0) is 18.6 Å². The van der Waals surface area contributed by atoms with Gasteiger partial charge in [-0.3, -0.25) is 0 Å². The Morgan fingerprint density at radius 2 is 1.77 bits per heavy atom. The van der Waals surface area contributed by atoms with E-state index in [1.54, 1.807) is 18.2 Å². The van der Waals surface area contributed by atoms with Gasteiger partial charge in [-0.15, -0.1) is 13.2 Å². The number of hydrogen-bond acceptors (Lipinski definition) is 4. The molecule has 0 spiro atoms. The summed E-state index contributed by atoms with van der Waals surface area (Å²) in [6, 6.07) is 7.90. The van der Waals surface area contributed by atoms with Gasteiger partial charge >= 0.3 is 12.4 Å². The number of benzene rings is 1. The number of alkyl halides is 3. The number of para-hydroxylation sites is 1. The van der Waals surface area contributed by atoms with E-state index in [1.807, 2.05) is 6.92 Å². The van der Waals surface area contributed by atoms with Crippen molar-refractivity contribution in [3.63, 3.8) is 0 Å². The van der Waals surface area contributed by atoms with E-state index in [2.05, 4.69) is 14.7 Å². The van der Waals surface area contributed by atoms with Crippen LogP contribution in [0, 0.1) is 0 Å². The van der Waals surface area contributed by atoms with E-state index >= 15 is 0 Å². The third-order valence-corrected chi connectivity index (χ3v) is 3.03. The van der Waals surface area contributed by atoms with Crippen molar-refractivity contribution in [3.05, 3.63) is 48.3 Å². The molecule has 1 heterocycles. The first-order valence-corrected chi connectivity index (χ1v) is 6.74. The van der Waals surface area contributed by atoms with Crippen molar-refractivity contribution in [3.8, 4) is 11.8 Å². The predicted octanol–water partition coefficient (Wildman–Crippen LogP) is 3.95. The molecule has 118 valence electrons. The molecule has 1 unspecified atom stereocenters. The van der Waals surface area contributed by atoms with Crippen molar-refractivity contribution in [2.75, 3.05) is 6.61 Å². The van der Waals surface area contributed by atoms with Gasteiger partial charge < -0.3 is 9.47 Å². The Morgan fingerprint density at radius 1 is 1.09 bits per heavy atom. The van der Waals surface area contributed by atoms with E-state index in [0.717, 1.165) is 0 Å². The molecule has 1 aromatic carbocycles. The molecule has 0 fully saturated rings. The standard InChI is InChI=1S/C15H15F3N2O2/c1-2-11(10-21-14-19-8-5-9-20-14)12-6-3-4-7-13(12)22-15(16,17)18/h3-9,11H,2,10H2,1H3. The van der Waals surface area contributed by atoms with Crippen molar-refractivity contribution in [2.45, 2.75) is 25.6 Å². The molecule has 2 aromatic rings. The lowest BCUT2D eigenvalue weighted by Gasteiger charge is -2.19. The second-order valence-corrected chi connectivity index (χ2v) is 4.53. The van der Waals surface area contributed by atoms with E-state index < -0.39 is 6.36 Å². The summed E-state index contributed by atoms with van der Waals surface area (Å²) in [5.74, 6) is -0.471. The maximum Gasteiger partial charge on any atom is 0.573 e. The molecule has 0 bridgehead atoms. The number of halogens is 3. The summed E-state index contributed by atoms with van der Waals surface area (Å²) < 4.78 is 46.9. The Bertz CT molecular complexity index is 591. The average Bonchev–Trinajstić information content (AvgIpc) is 2.49. The van der Waals surface area contributed by atoms with E-state index in [-0.39, 0.29) is 24.3 Å². The number of aromatic nitrogens is 2. The van der Waals surface area contributed by atoms with Gasteiger partial charge in [0.2, 0.25) is 0 Å². The summed E-state index contributed by atoms with van der Waals surface area (Å²) in [4.78, 5) is 7.83. The first-order valence-electron chi connectivity index (χ1n) is 6.74. The second-order valence-electron chi connectivity index (χ2n) is 4.53. The third-order valence-electron chi connectivity index (χ3n) is 3.03. The van der Waals surface area contributed by atoms with Gasteiger partial charge in [0.25, 0.3) is 0 Å². The minimum Gasteiger partial charge on any atom is -0.463 e. The Balaban J connectivity index is 2.13. The summed E-state index contributed by atoms with van der Waals surface area (Å²) in [6.07, 6.45) is -1.07. The molecule has 0 saturated heterocycles. The second kappa shape index (κ2) is 7.11. The average molecular weight is 312 g/mol. The van der Waals surface area contributed by atoms with Crippen LogP contribution in [0.25, 0.3) is 0 Å². The maximum absolute atomic E-state index is 12.5. The van der Waals surface area contributed by atoms with Crippen LogP contribution in [0.3, 0.4) is 0 Å². The Morgan fingerprint density at radius 3 is 2.41 bits per heavy atom. The van der Waals surface area contributed by atoms with Gasteiger partial charge in [0.15, 0.2) is 0 Å². The summed E-state index contributed by atoms with van der Waals surface area (Å²) in [7, 11) is 0. The van der Waals surface area contributed by atoms with Crippen molar-refractivity contribution >= 4 is 0 Å². The fourth-order valence-corrected chi connectivity index (χ4v) is 2.00. The topological polar surface area (TPSA) is 44.2 Å². The number of ether oxygens (including phenoxy) is 2. The van der Waals surface area contributed by atoms with Crippen LogP contribution in [0.15, 0.2) is 42.7 Å². The van der Waals surface area contributed by atoms with Crippen LogP contribution >= 0.6 is 0 Å². The van der Waals surface area contributed by atoms with Crippen LogP contribution in [0.2, 0.25) is 0 Å². The van der Waals surface area contributed by atoms with Crippen molar-refractivity contribution in [1.82, 2.24) is 9.97 Å². The lowest BCUT2D eigenvalue weighted by molar-refractivity contribution is -0.275. The molecule has 0 saturated carbocycles. The Kier molecular flexibility index (Phi) is 5.19. The molecule has 0 aliphatic rings. The molecule has 7 heteroatoms. The summed E-state index contributed by atoms with van der Waals surface area (Å²) in [5.41, 5.74) is 0.443. The predicted molar refractivity (Wildman–Crippen MR) is 73.7 cm³/mol. The molecule has 0 amide bonds. The zero-order chi connectivity index (χ0) is 16.0. The fraction of sp³-hybridized carbons (Fsp3) is 0.333. The van der Waals surface area contributed by atoms with Gasteiger partial charge in [0.05, 0.1) is 6.61 Å². The lowest BCUT2D eigenvalue weighted by Crippen LogP contribution is -2.20. The van der Waals surface area contributed by atoms with Crippen LogP contribution in [0.4, 0.5) is 13.2 Å². The van der Waals surface area contributed by atoms with Crippen LogP contribution in [-0.2, 0) is 0 Å². The molecule has 0 N–H and O–H groups in total. The van der Waals surface area contributed by atoms with Gasteiger partial charge in [0.1, 0.15) is 5.75 Å². The van der Waals surface area contributed by atoms with Crippen molar-refractivity contribution < 1.29 is 22.6 Å². The number of rotatable bonds is 6. The maximum atomic E-state index is 12.5. The molecule has 22 heavy (non-hydrogen) atoms. The molecule has 1 atom stereocenters. The zero-order valence-corrected chi connectivity index (χ0v) is 11.9. The summed E-state index contributed by atoms with van der Waals surface area (Å²) in [5, 5.41) is 0. The smallest absolute Gasteiger partial charge is 0.463 e. The SMILES string of the molecule is CCC(COc1ncccn1)c1ccccc1OC(F)(F)F. The molecule has 1 aromatic heterocycles. The van der Waals surface area contributed by atoms with Crippen molar-refractivity contribution in [1.29, 1.82) is 0 Å². The van der Waals surface area contributed by atoms with Crippen LogP contribution in [0.1, 0.15) is 24.8 Å². The Labute approximate surface area is 125 Å². The molecule has 0 radical (unpaired) electrons. The van der Waals surface area contributed by atoms with Gasteiger partial charge in [-0.25, -0.2) is 9.97 Å². The number of nitrogens with zero attached hydrogens (tertiary/aromatic N) is 2. The largest absolute Gasteiger partial charge is 0.573 e. The zero-order valence-electron chi connectivity index (χ0n) is 11.9. The number of hydrogen-bond donors (Lipinski definition) is 0. The molecular formula is C15H15F3N2O2. The molecule has 2 rings (SSSR count). The molecular weight excluding hydrogens is 297 g/mol. The van der Waals surface area contributed by atoms with E-state index in [4.69, 9.17) is 4.74 Å².